The second kappa shape index (κ2) is 5.14. The third kappa shape index (κ3) is 2.09. The molecule has 3 N–H and O–H groups in total. The van der Waals surface area contributed by atoms with Gasteiger partial charge in [-0.2, -0.15) is 5.10 Å². The molecule has 22 heavy (non-hydrogen) atoms. The summed E-state index contributed by atoms with van der Waals surface area (Å²) in [6, 6.07) is 8.33. The molecule has 6 heteroatoms. The molecule has 0 bridgehead atoms. The van der Waals surface area contributed by atoms with Gasteiger partial charge in [0.15, 0.2) is 11.3 Å². The van der Waals surface area contributed by atoms with Crippen LogP contribution in [0, 0.1) is 6.92 Å². The smallest absolute Gasteiger partial charge is 0.157 e. The summed E-state index contributed by atoms with van der Waals surface area (Å²) in [5, 5.41) is 11.8. The van der Waals surface area contributed by atoms with E-state index < -0.39 is 0 Å². The van der Waals surface area contributed by atoms with Crippen LogP contribution < -0.4 is 5.32 Å². The lowest BCUT2D eigenvalue weighted by Crippen LogP contribution is -2.06. The zero-order valence-electron chi connectivity index (χ0n) is 12.2. The van der Waals surface area contributed by atoms with Crippen LogP contribution >= 0.6 is 0 Å². The van der Waals surface area contributed by atoms with Gasteiger partial charge in [-0.25, -0.2) is 9.97 Å². The lowest BCUT2D eigenvalue weighted by atomic mass is 10.1. The summed E-state index contributed by atoms with van der Waals surface area (Å²) < 4.78 is 0. The third-order valence-electron chi connectivity index (χ3n) is 3.87. The van der Waals surface area contributed by atoms with E-state index in [1.807, 2.05) is 13.0 Å². The van der Waals surface area contributed by atoms with E-state index in [1.165, 1.54) is 16.5 Å². The van der Waals surface area contributed by atoms with Crippen LogP contribution in [0.15, 0.2) is 36.8 Å². The van der Waals surface area contributed by atoms with Gasteiger partial charge in [-0.3, -0.25) is 5.10 Å². The Labute approximate surface area is 127 Å². The number of aromatic nitrogens is 5. The number of fused-ring (bicyclic) bond motifs is 2. The van der Waals surface area contributed by atoms with Crippen molar-refractivity contribution in [3.05, 3.63) is 48.0 Å². The molecule has 3 aromatic heterocycles. The van der Waals surface area contributed by atoms with Crippen LogP contribution in [0.2, 0.25) is 0 Å². The van der Waals surface area contributed by atoms with Crippen molar-refractivity contribution >= 4 is 27.8 Å². The Morgan fingerprint density at radius 1 is 1.14 bits per heavy atom. The molecule has 0 aliphatic carbocycles. The van der Waals surface area contributed by atoms with Gasteiger partial charge in [-0.1, -0.05) is 18.2 Å². The molecule has 0 unspecified atom stereocenters. The van der Waals surface area contributed by atoms with Crippen molar-refractivity contribution in [3.8, 4) is 0 Å². The first-order chi connectivity index (χ1) is 10.8. The average molecular weight is 292 g/mol. The number of hydrogen-bond donors (Lipinski definition) is 3. The van der Waals surface area contributed by atoms with Crippen molar-refractivity contribution in [2.24, 2.45) is 0 Å². The summed E-state index contributed by atoms with van der Waals surface area (Å²) in [6.45, 7) is 2.75. The lowest BCUT2D eigenvalue weighted by Gasteiger charge is -2.05. The van der Waals surface area contributed by atoms with Gasteiger partial charge in [-0.15, -0.1) is 0 Å². The molecule has 0 aliphatic rings. The van der Waals surface area contributed by atoms with Gasteiger partial charge in [-0.05, 0) is 25.0 Å². The topological polar surface area (TPSA) is 82.3 Å². The fraction of sp³-hybridized carbons (Fsp3) is 0.188. The minimum absolute atomic E-state index is 0.772. The number of H-pyrrole nitrogens is 2. The predicted octanol–water partition coefficient (Wildman–Crippen LogP) is 2.80. The summed E-state index contributed by atoms with van der Waals surface area (Å²) in [4.78, 5) is 11.8. The first-order valence-electron chi connectivity index (χ1n) is 7.27. The van der Waals surface area contributed by atoms with E-state index in [9.17, 15) is 0 Å². The number of rotatable bonds is 4. The molecule has 0 saturated carbocycles. The average Bonchev–Trinajstić information content (AvgIpc) is 3.13. The maximum atomic E-state index is 4.29. The van der Waals surface area contributed by atoms with Crippen molar-refractivity contribution in [2.45, 2.75) is 13.3 Å². The largest absolute Gasteiger partial charge is 0.368 e. The highest BCUT2D eigenvalue weighted by Gasteiger charge is 2.09. The van der Waals surface area contributed by atoms with E-state index >= 15 is 0 Å². The lowest BCUT2D eigenvalue weighted by molar-refractivity contribution is 1.01. The van der Waals surface area contributed by atoms with Crippen LogP contribution in [-0.4, -0.2) is 31.7 Å². The molecule has 0 spiro atoms. The zero-order chi connectivity index (χ0) is 14.9. The number of benzene rings is 1. The molecule has 4 rings (SSSR count). The molecule has 0 aliphatic heterocycles. The first-order valence-corrected chi connectivity index (χ1v) is 7.27. The monoisotopic (exact) mass is 292 g/mol. The highest BCUT2D eigenvalue weighted by Crippen LogP contribution is 2.20. The van der Waals surface area contributed by atoms with Crippen LogP contribution in [0.3, 0.4) is 0 Å². The van der Waals surface area contributed by atoms with E-state index in [1.54, 1.807) is 6.33 Å². The van der Waals surface area contributed by atoms with Crippen LogP contribution in [0.1, 0.15) is 11.3 Å². The summed E-state index contributed by atoms with van der Waals surface area (Å²) in [6.07, 6.45) is 4.55. The van der Waals surface area contributed by atoms with Crippen molar-refractivity contribution in [1.82, 2.24) is 25.1 Å². The molecule has 1 aromatic carbocycles. The van der Waals surface area contributed by atoms with Crippen LogP contribution in [0.5, 0.6) is 0 Å². The van der Waals surface area contributed by atoms with E-state index in [2.05, 4.69) is 54.9 Å². The van der Waals surface area contributed by atoms with Crippen LogP contribution in [0.25, 0.3) is 21.9 Å². The number of anilines is 1. The quantitative estimate of drug-likeness (QED) is 0.540. The fourth-order valence-electron chi connectivity index (χ4n) is 2.74. The summed E-state index contributed by atoms with van der Waals surface area (Å²) in [5.41, 5.74) is 5.08. The van der Waals surface area contributed by atoms with E-state index in [-0.39, 0.29) is 0 Å². The molecule has 110 valence electrons. The Morgan fingerprint density at radius 3 is 3.00 bits per heavy atom. The molecule has 0 saturated heterocycles. The Kier molecular flexibility index (Phi) is 3.00. The maximum absolute atomic E-state index is 4.29. The zero-order valence-corrected chi connectivity index (χ0v) is 12.2. The number of aromatic amines is 2. The predicted molar refractivity (Wildman–Crippen MR) is 86.9 cm³/mol. The molecule has 0 fully saturated rings. The molecule has 3 heterocycles. The second-order valence-corrected chi connectivity index (χ2v) is 5.30. The van der Waals surface area contributed by atoms with Gasteiger partial charge in [0.25, 0.3) is 0 Å². The molecule has 4 aromatic rings. The summed E-state index contributed by atoms with van der Waals surface area (Å²) in [7, 11) is 0. The minimum atomic E-state index is 0.772. The highest BCUT2D eigenvalue weighted by molar-refractivity contribution is 5.86. The SMILES string of the molecule is Cc1[nH]nc2c(NCCc3c[nH]c4ccccc34)ncnc12. The molecule has 0 radical (unpaired) electrons. The van der Waals surface area contributed by atoms with Gasteiger partial charge in [0.1, 0.15) is 11.8 Å². The third-order valence-corrected chi connectivity index (χ3v) is 3.87. The molecular weight excluding hydrogens is 276 g/mol. The van der Waals surface area contributed by atoms with Crippen molar-refractivity contribution in [1.29, 1.82) is 0 Å². The number of nitrogens with zero attached hydrogens (tertiary/aromatic N) is 3. The van der Waals surface area contributed by atoms with Gasteiger partial charge in [0.2, 0.25) is 0 Å². The number of nitrogens with one attached hydrogen (secondary N) is 3. The van der Waals surface area contributed by atoms with E-state index in [0.717, 1.165) is 35.5 Å². The normalized spacial score (nSPS) is 11.3. The van der Waals surface area contributed by atoms with Gasteiger partial charge in [0.05, 0.1) is 5.69 Å². The molecular formula is C16H16N6. The van der Waals surface area contributed by atoms with Crippen molar-refractivity contribution in [3.63, 3.8) is 0 Å². The number of aryl methyl sites for hydroxylation is 1. The fourth-order valence-corrected chi connectivity index (χ4v) is 2.74. The van der Waals surface area contributed by atoms with E-state index in [0.29, 0.717) is 0 Å². The molecule has 6 nitrogen and oxygen atoms in total. The summed E-state index contributed by atoms with van der Waals surface area (Å²) >= 11 is 0. The highest BCUT2D eigenvalue weighted by atomic mass is 15.2. The Balaban J connectivity index is 1.53. The van der Waals surface area contributed by atoms with Crippen molar-refractivity contribution in [2.75, 3.05) is 11.9 Å². The van der Waals surface area contributed by atoms with Gasteiger partial charge < -0.3 is 10.3 Å². The second-order valence-electron chi connectivity index (χ2n) is 5.30. The summed E-state index contributed by atoms with van der Waals surface area (Å²) in [5.74, 6) is 0.772. The van der Waals surface area contributed by atoms with Gasteiger partial charge >= 0.3 is 0 Å². The molecule has 0 atom stereocenters. The first kappa shape index (κ1) is 12.8. The van der Waals surface area contributed by atoms with Crippen LogP contribution in [0.4, 0.5) is 5.82 Å². The Hall–Kier alpha value is -2.89. The van der Waals surface area contributed by atoms with E-state index in [4.69, 9.17) is 0 Å². The standard InChI is InChI=1S/C16H16N6/c1-10-14-15(22-21-10)16(20-9-19-14)17-7-6-11-8-18-13-5-3-2-4-12(11)13/h2-5,8-9,18H,6-7H2,1H3,(H,21,22)(H,17,19,20). The Bertz CT molecular complexity index is 936. The Morgan fingerprint density at radius 2 is 2.05 bits per heavy atom. The maximum Gasteiger partial charge on any atom is 0.157 e. The van der Waals surface area contributed by atoms with Crippen LogP contribution in [-0.2, 0) is 6.42 Å². The number of hydrogen-bond acceptors (Lipinski definition) is 4. The minimum Gasteiger partial charge on any atom is -0.368 e. The van der Waals surface area contributed by atoms with Gasteiger partial charge in [0, 0.05) is 23.6 Å². The van der Waals surface area contributed by atoms with Crippen molar-refractivity contribution < 1.29 is 0 Å². The molecule has 0 amide bonds. The number of para-hydroxylation sites is 1.